The third kappa shape index (κ3) is 2.97. The van der Waals surface area contributed by atoms with Crippen LogP contribution in [-0.4, -0.2) is 15.3 Å². The standard InChI is InChI=1S/C6H11O4P/c1-4(2)5(3)6(7)11(8,9)10/h4H,3H2,1-2H3,(H2,8,9,10). The molecule has 0 rings (SSSR count). The van der Waals surface area contributed by atoms with Crippen LogP contribution in [0.1, 0.15) is 13.8 Å². The minimum atomic E-state index is -4.61. The van der Waals surface area contributed by atoms with E-state index in [1.165, 1.54) is 0 Å². The molecule has 0 spiro atoms. The van der Waals surface area contributed by atoms with Gasteiger partial charge < -0.3 is 9.79 Å². The van der Waals surface area contributed by atoms with Crippen LogP contribution in [0, 0.1) is 5.92 Å². The fourth-order valence-corrected chi connectivity index (χ4v) is 1.07. The SMILES string of the molecule is C=C(C(=O)P(=O)(O)O)C(C)C. The van der Waals surface area contributed by atoms with Crippen LogP contribution in [0.15, 0.2) is 12.2 Å². The summed E-state index contributed by atoms with van der Waals surface area (Å²) in [5, 5.41) is 0. The number of hydrogen-bond acceptors (Lipinski definition) is 2. The van der Waals surface area contributed by atoms with E-state index >= 15 is 0 Å². The minimum Gasteiger partial charge on any atom is -0.319 e. The van der Waals surface area contributed by atoms with Crippen molar-refractivity contribution >= 4 is 13.1 Å². The van der Waals surface area contributed by atoms with E-state index in [9.17, 15) is 9.36 Å². The van der Waals surface area contributed by atoms with Crippen LogP contribution >= 0.6 is 7.60 Å². The molecule has 0 fully saturated rings. The van der Waals surface area contributed by atoms with Crippen LogP contribution in [-0.2, 0) is 9.36 Å². The first kappa shape index (κ1) is 10.6. The van der Waals surface area contributed by atoms with Crippen molar-refractivity contribution in [2.24, 2.45) is 5.92 Å². The zero-order valence-corrected chi connectivity index (χ0v) is 7.34. The second kappa shape index (κ2) is 3.30. The summed E-state index contributed by atoms with van der Waals surface area (Å²) >= 11 is 0. The Kier molecular flexibility index (Phi) is 3.17. The number of hydrogen-bond donors (Lipinski definition) is 2. The number of rotatable bonds is 3. The van der Waals surface area contributed by atoms with E-state index in [4.69, 9.17) is 9.79 Å². The summed E-state index contributed by atoms with van der Waals surface area (Å²) in [6.07, 6.45) is 0. The van der Waals surface area contributed by atoms with Gasteiger partial charge in [0.05, 0.1) is 0 Å². The highest BCUT2D eigenvalue weighted by Gasteiger charge is 2.29. The smallest absolute Gasteiger partial charge is 0.319 e. The molecule has 0 aliphatic heterocycles. The van der Waals surface area contributed by atoms with Gasteiger partial charge in [-0.15, -0.1) is 0 Å². The van der Waals surface area contributed by atoms with Crippen LogP contribution in [0.5, 0.6) is 0 Å². The molecule has 2 N–H and O–H groups in total. The summed E-state index contributed by atoms with van der Waals surface area (Å²) in [6.45, 7) is 6.58. The van der Waals surface area contributed by atoms with E-state index in [2.05, 4.69) is 6.58 Å². The lowest BCUT2D eigenvalue weighted by atomic mass is 10.1. The quantitative estimate of drug-likeness (QED) is 0.497. The minimum absolute atomic E-state index is 0.0293. The zero-order valence-electron chi connectivity index (χ0n) is 6.44. The van der Waals surface area contributed by atoms with Gasteiger partial charge in [-0.3, -0.25) is 9.36 Å². The van der Waals surface area contributed by atoms with Crippen molar-refractivity contribution < 1.29 is 19.1 Å². The van der Waals surface area contributed by atoms with Crippen LogP contribution < -0.4 is 0 Å². The van der Waals surface area contributed by atoms with Gasteiger partial charge in [0, 0.05) is 5.57 Å². The largest absolute Gasteiger partial charge is 0.396 e. The lowest BCUT2D eigenvalue weighted by Gasteiger charge is -2.07. The van der Waals surface area contributed by atoms with Crippen LogP contribution in [0.3, 0.4) is 0 Å². The summed E-state index contributed by atoms with van der Waals surface area (Å²) in [6, 6.07) is 0. The maximum Gasteiger partial charge on any atom is 0.396 e. The molecule has 0 saturated heterocycles. The van der Waals surface area contributed by atoms with Crippen LogP contribution in [0.25, 0.3) is 0 Å². The lowest BCUT2D eigenvalue weighted by molar-refractivity contribution is -0.110. The molecule has 4 nitrogen and oxygen atoms in total. The lowest BCUT2D eigenvalue weighted by Crippen LogP contribution is -2.07. The molecule has 0 aromatic rings. The molecule has 0 bridgehead atoms. The van der Waals surface area contributed by atoms with Gasteiger partial charge in [0.1, 0.15) is 0 Å². The maximum absolute atomic E-state index is 10.7. The van der Waals surface area contributed by atoms with E-state index in [-0.39, 0.29) is 11.5 Å². The molecule has 0 saturated carbocycles. The van der Waals surface area contributed by atoms with E-state index in [1.54, 1.807) is 13.8 Å². The van der Waals surface area contributed by atoms with Crippen molar-refractivity contribution in [1.82, 2.24) is 0 Å². The number of carbonyl (C=O) groups is 1. The molecule has 0 radical (unpaired) electrons. The van der Waals surface area contributed by atoms with Crippen molar-refractivity contribution in [2.45, 2.75) is 13.8 Å². The van der Waals surface area contributed by atoms with Gasteiger partial charge in [0.2, 0.25) is 0 Å². The van der Waals surface area contributed by atoms with E-state index in [1.807, 2.05) is 0 Å². The molecule has 0 aliphatic rings. The Morgan fingerprint density at radius 3 is 1.91 bits per heavy atom. The monoisotopic (exact) mass is 178 g/mol. The molecule has 0 aliphatic carbocycles. The molecule has 64 valence electrons. The number of carbonyl (C=O) groups excluding carboxylic acids is 1. The van der Waals surface area contributed by atoms with Gasteiger partial charge in [-0.2, -0.15) is 0 Å². The maximum atomic E-state index is 10.7. The van der Waals surface area contributed by atoms with Gasteiger partial charge in [-0.05, 0) is 5.92 Å². The highest BCUT2D eigenvalue weighted by atomic mass is 31.2. The van der Waals surface area contributed by atoms with E-state index in [0.717, 1.165) is 0 Å². The predicted molar refractivity (Wildman–Crippen MR) is 41.0 cm³/mol. The fourth-order valence-electron chi connectivity index (χ4n) is 0.434. The second-order valence-electron chi connectivity index (χ2n) is 2.53. The Labute approximate surface area is 65.1 Å². The third-order valence-electron chi connectivity index (χ3n) is 1.24. The second-order valence-corrected chi connectivity index (χ2v) is 4.02. The van der Waals surface area contributed by atoms with Crippen molar-refractivity contribution in [1.29, 1.82) is 0 Å². The summed E-state index contributed by atoms with van der Waals surface area (Å²) in [4.78, 5) is 27.6. The Hall–Kier alpha value is -0.440. The Balaban J connectivity index is 4.54. The molecule has 5 heteroatoms. The first-order chi connectivity index (χ1) is 4.76. The van der Waals surface area contributed by atoms with Gasteiger partial charge in [0.25, 0.3) is 5.52 Å². The Morgan fingerprint density at radius 1 is 1.45 bits per heavy atom. The predicted octanol–water partition coefficient (Wildman–Crippen LogP) is 0.903. The first-order valence-corrected chi connectivity index (χ1v) is 4.67. The Morgan fingerprint density at radius 2 is 1.82 bits per heavy atom. The first-order valence-electron chi connectivity index (χ1n) is 3.06. The van der Waals surface area contributed by atoms with Crippen LogP contribution in [0.4, 0.5) is 0 Å². The summed E-state index contributed by atoms with van der Waals surface area (Å²) in [5.41, 5.74) is -1.19. The molecule has 11 heavy (non-hydrogen) atoms. The highest BCUT2D eigenvalue weighted by molar-refractivity contribution is 7.70. The fraction of sp³-hybridized carbons (Fsp3) is 0.500. The van der Waals surface area contributed by atoms with Gasteiger partial charge in [0.15, 0.2) is 0 Å². The van der Waals surface area contributed by atoms with Crippen molar-refractivity contribution in [3.8, 4) is 0 Å². The Bertz CT molecular complexity index is 225. The molecule has 0 atom stereocenters. The molecule has 0 aromatic carbocycles. The van der Waals surface area contributed by atoms with Gasteiger partial charge in [-0.1, -0.05) is 20.4 Å². The van der Waals surface area contributed by atoms with Crippen molar-refractivity contribution in [3.05, 3.63) is 12.2 Å². The molecule has 0 unspecified atom stereocenters. The zero-order chi connectivity index (χ0) is 9.23. The summed E-state index contributed by atoms with van der Waals surface area (Å²) in [7, 11) is -4.61. The van der Waals surface area contributed by atoms with E-state index in [0.29, 0.717) is 0 Å². The molecular formula is C6H11O4P. The molecule has 0 heterocycles. The summed E-state index contributed by atoms with van der Waals surface area (Å²) < 4.78 is 10.4. The molecular weight excluding hydrogens is 167 g/mol. The van der Waals surface area contributed by atoms with Crippen LogP contribution in [0.2, 0.25) is 0 Å². The van der Waals surface area contributed by atoms with Crippen molar-refractivity contribution in [3.63, 3.8) is 0 Å². The van der Waals surface area contributed by atoms with Gasteiger partial charge >= 0.3 is 7.60 Å². The molecule has 0 amide bonds. The van der Waals surface area contributed by atoms with Crippen molar-refractivity contribution in [2.75, 3.05) is 0 Å². The summed E-state index contributed by atoms with van der Waals surface area (Å²) in [5.74, 6) is -0.227. The number of allylic oxidation sites excluding steroid dienone is 1. The third-order valence-corrected chi connectivity index (χ3v) is 2.05. The highest BCUT2D eigenvalue weighted by Crippen LogP contribution is 2.39. The average molecular weight is 178 g/mol. The topological polar surface area (TPSA) is 74.6 Å². The normalized spacial score (nSPS) is 11.7. The van der Waals surface area contributed by atoms with Gasteiger partial charge in [-0.25, -0.2) is 0 Å². The van der Waals surface area contributed by atoms with E-state index < -0.39 is 13.1 Å². The molecule has 0 aromatic heterocycles. The average Bonchev–Trinajstić information content (AvgIpc) is 1.82.